The van der Waals surface area contributed by atoms with Crippen molar-refractivity contribution in [3.8, 4) is 5.75 Å². The molecular weight excluding hydrogens is 492 g/mol. The van der Waals surface area contributed by atoms with Gasteiger partial charge in [-0.3, -0.25) is 4.79 Å². The summed E-state index contributed by atoms with van der Waals surface area (Å²) in [6.07, 6.45) is 1.41. The molecule has 8 heteroatoms. The van der Waals surface area contributed by atoms with E-state index >= 15 is 0 Å². The second-order valence-corrected chi connectivity index (χ2v) is 9.29. The van der Waals surface area contributed by atoms with Crippen LogP contribution in [0.5, 0.6) is 5.75 Å². The summed E-state index contributed by atoms with van der Waals surface area (Å²) in [5.41, 5.74) is 3.45. The molecule has 0 aliphatic heterocycles. The summed E-state index contributed by atoms with van der Waals surface area (Å²) in [6, 6.07) is 25.6. The second-order valence-electron chi connectivity index (χ2n) is 6.83. The molecule has 4 aromatic rings. The molecule has 4 aromatic carbocycles. The summed E-state index contributed by atoms with van der Waals surface area (Å²) >= 11 is 3.31. The maximum absolute atomic E-state index is 12.7. The van der Waals surface area contributed by atoms with E-state index in [9.17, 15) is 13.2 Å². The van der Waals surface area contributed by atoms with E-state index in [1.165, 1.54) is 24.4 Å². The number of hydrogen-bond donors (Lipinski definition) is 1. The predicted molar refractivity (Wildman–Crippen MR) is 127 cm³/mol. The van der Waals surface area contributed by atoms with Gasteiger partial charge in [-0.25, -0.2) is 5.43 Å². The molecule has 0 saturated carbocycles. The molecule has 1 amide bonds. The minimum absolute atomic E-state index is 0.0663. The van der Waals surface area contributed by atoms with Crippen LogP contribution in [0, 0.1) is 0 Å². The van der Waals surface area contributed by atoms with E-state index in [0.717, 1.165) is 15.2 Å². The number of nitrogens with zero attached hydrogens (tertiary/aromatic N) is 1. The molecule has 0 fully saturated rings. The highest BCUT2D eigenvalue weighted by atomic mass is 79.9. The lowest BCUT2D eigenvalue weighted by Crippen LogP contribution is -2.17. The molecule has 0 saturated heterocycles. The monoisotopic (exact) mass is 508 g/mol. The first-order valence-corrected chi connectivity index (χ1v) is 11.7. The standard InChI is InChI=1S/C24H17BrN2O4S/c25-21-9-4-8-20(14-21)24(28)27-26-16-17-5-3-10-22(13-17)31-32(29,30)23-12-11-18-6-1-2-7-19(18)15-23/h1-16H,(H,27,28)/b26-16-. The predicted octanol–water partition coefficient (Wildman–Crippen LogP) is 5.13. The number of hydrazone groups is 1. The third-order valence-corrected chi connectivity index (χ3v) is 6.28. The molecule has 0 heterocycles. The van der Waals surface area contributed by atoms with Gasteiger partial charge >= 0.3 is 10.1 Å². The molecular formula is C24H17BrN2O4S. The third kappa shape index (κ3) is 5.22. The van der Waals surface area contributed by atoms with Crippen LogP contribution >= 0.6 is 15.9 Å². The van der Waals surface area contributed by atoms with Crippen molar-refractivity contribution in [2.45, 2.75) is 4.90 Å². The molecule has 32 heavy (non-hydrogen) atoms. The Morgan fingerprint density at radius 3 is 2.47 bits per heavy atom. The van der Waals surface area contributed by atoms with Crippen LogP contribution in [0.15, 0.2) is 105 Å². The molecule has 0 atom stereocenters. The molecule has 0 aromatic heterocycles. The van der Waals surface area contributed by atoms with Crippen LogP contribution in [0.2, 0.25) is 0 Å². The van der Waals surface area contributed by atoms with E-state index in [1.54, 1.807) is 42.5 Å². The number of fused-ring (bicyclic) bond motifs is 1. The summed E-state index contributed by atoms with van der Waals surface area (Å²) in [5.74, 6) is -0.228. The summed E-state index contributed by atoms with van der Waals surface area (Å²) in [4.78, 5) is 12.2. The van der Waals surface area contributed by atoms with E-state index in [1.807, 2.05) is 30.3 Å². The van der Waals surface area contributed by atoms with Crippen LogP contribution in [-0.2, 0) is 10.1 Å². The number of benzene rings is 4. The fraction of sp³-hybridized carbons (Fsp3) is 0. The van der Waals surface area contributed by atoms with Gasteiger partial charge in [-0.15, -0.1) is 0 Å². The summed E-state index contributed by atoms with van der Waals surface area (Å²) < 4.78 is 31.5. The summed E-state index contributed by atoms with van der Waals surface area (Å²) in [5, 5.41) is 5.68. The van der Waals surface area contributed by atoms with Gasteiger partial charge in [-0.2, -0.15) is 13.5 Å². The van der Waals surface area contributed by atoms with Gasteiger partial charge in [0.25, 0.3) is 5.91 Å². The number of carbonyl (C=O) groups is 1. The van der Waals surface area contributed by atoms with Gasteiger partial charge in [0.05, 0.1) is 6.21 Å². The highest BCUT2D eigenvalue weighted by Gasteiger charge is 2.17. The molecule has 4 rings (SSSR count). The normalized spacial score (nSPS) is 11.5. The Morgan fingerprint density at radius 2 is 1.66 bits per heavy atom. The van der Waals surface area contributed by atoms with E-state index < -0.39 is 10.1 Å². The number of hydrogen-bond acceptors (Lipinski definition) is 5. The SMILES string of the molecule is O=C(N/N=C\c1cccc(OS(=O)(=O)c2ccc3ccccc3c2)c1)c1cccc(Br)c1. The van der Waals surface area contributed by atoms with Crippen LogP contribution in [-0.4, -0.2) is 20.5 Å². The number of carbonyl (C=O) groups excluding carboxylic acids is 1. The fourth-order valence-electron chi connectivity index (χ4n) is 3.00. The first-order valence-electron chi connectivity index (χ1n) is 9.53. The van der Waals surface area contributed by atoms with Crippen molar-refractivity contribution in [3.05, 3.63) is 107 Å². The highest BCUT2D eigenvalue weighted by molar-refractivity contribution is 9.10. The molecule has 6 nitrogen and oxygen atoms in total. The third-order valence-electron chi connectivity index (χ3n) is 4.54. The van der Waals surface area contributed by atoms with E-state index in [4.69, 9.17) is 4.18 Å². The number of nitrogens with one attached hydrogen (secondary N) is 1. The zero-order chi connectivity index (χ0) is 22.6. The Morgan fingerprint density at radius 1 is 0.875 bits per heavy atom. The second kappa shape index (κ2) is 9.33. The fourth-order valence-corrected chi connectivity index (χ4v) is 4.36. The van der Waals surface area contributed by atoms with Gasteiger partial charge < -0.3 is 4.18 Å². The van der Waals surface area contributed by atoms with E-state index in [2.05, 4.69) is 26.5 Å². The van der Waals surface area contributed by atoms with Crippen LogP contribution < -0.4 is 9.61 Å². The Kier molecular flexibility index (Phi) is 6.34. The maximum Gasteiger partial charge on any atom is 0.339 e. The van der Waals surface area contributed by atoms with Crippen LogP contribution in [0.1, 0.15) is 15.9 Å². The molecule has 0 radical (unpaired) electrons. The van der Waals surface area contributed by atoms with Crippen LogP contribution in [0.4, 0.5) is 0 Å². The first kappa shape index (κ1) is 21.7. The van der Waals surface area contributed by atoms with Gasteiger partial charge in [0.15, 0.2) is 0 Å². The van der Waals surface area contributed by atoms with Gasteiger partial charge in [-0.05, 0) is 58.8 Å². The Bertz CT molecular complexity index is 1430. The maximum atomic E-state index is 12.7. The van der Waals surface area contributed by atoms with Crippen molar-refractivity contribution in [1.29, 1.82) is 0 Å². The topological polar surface area (TPSA) is 84.8 Å². The average Bonchev–Trinajstić information content (AvgIpc) is 2.78. The van der Waals surface area contributed by atoms with Crippen molar-refractivity contribution in [1.82, 2.24) is 5.43 Å². The molecule has 0 bridgehead atoms. The smallest absolute Gasteiger partial charge is 0.339 e. The first-order chi connectivity index (χ1) is 15.4. The van der Waals surface area contributed by atoms with Gasteiger partial charge in [0.2, 0.25) is 0 Å². The summed E-state index contributed by atoms with van der Waals surface area (Å²) in [6.45, 7) is 0. The zero-order valence-electron chi connectivity index (χ0n) is 16.6. The lowest BCUT2D eigenvalue weighted by Gasteiger charge is -2.08. The van der Waals surface area contributed by atoms with Gasteiger partial charge in [-0.1, -0.05) is 64.5 Å². The molecule has 0 unspecified atom stereocenters. The summed E-state index contributed by atoms with van der Waals surface area (Å²) in [7, 11) is -4.01. The lowest BCUT2D eigenvalue weighted by molar-refractivity contribution is 0.0955. The number of halogens is 1. The highest BCUT2D eigenvalue weighted by Crippen LogP contribution is 2.23. The van der Waals surface area contributed by atoms with Crippen molar-refractivity contribution in [2.24, 2.45) is 5.10 Å². The molecule has 0 aliphatic rings. The minimum atomic E-state index is -4.01. The van der Waals surface area contributed by atoms with Crippen LogP contribution in [0.3, 0.4) is 0 Å². The lowest BCUT2D eigenvalue weighted by atomic mass is 10.1. The molecule has 0 aliphatic carbocycles. The Hall–Kier alpha value is -3.49. The van der Waals surface area contributed by atoms with E-state index in [0.29, 0.717) is 11.1 Å². The van der Waals surface area contributed by atoms with Gasteiger partial charge in [0.1, 0.15) is 10.6 Å². The number of rotatable bonds is 6. The minimum Gasteiger partial charge on any atom is -0.379 e. The molecule has 160 valence electrons. The quantitative estimate of drug-likeness (QED) is 0.222. The van der Waals surface area contributed by atoms with Crippen molar-refractivity contribution >= 4 is 48.9 Å². The number of amides is 1. The van der Waals surface area contributed by atoms with E-state index in [-0.39, 0.29) is 16.6 Å². The zero-order valence-corrected chi connectivity index (χ0v) is 19.0. The van der Waals surface area contributed by atoms with Gasteiger partial charge in [0, 0.05) is 10.0 Å². The van der Waals surface area contributed by atoms with Crippen molar-refractivity contribution in [2.75, 3.05) is 0 Å². The Balaban J connectivity index is 1.47. The largest absolute Gasteiger partial charge is 0.379 e. The Labute approximate surface area is 193 Å². The van der Waals surface area contributed by atoms with Crippen molar-refractivity contribution in [3.63, 3.8) is 0 Å². The van der Waals surface area contributed by atoms with Crippen LogP contribution in [0.25, 0.3) is 10.8 Å². The van der Waals surface area contributed by atoms with Crippen molar-refractivity contribution < 1.29 is 17.4 Å². The molecule has 1 N–H and O–H groups in total. The molecule has 0 spiro atoms. The average molecular weight is 509 g/mol.